The number of amidine groups is 4. The van der Waals surface area contributed by atoms with Crippen molar-refractivity contribution >= 4 is 68.8 Å². The predicted molar refractivity (Wildman–Crippen MR) is 139 cm³/mol. The third-order valence-electron chi connectivity index (χ3n) is 3.82. The Balaban J connectivity index is 0.000000562. The zero-order valence-corrected chi connectivity index (χ0v) is 24.4. The van der Waals surface area contributed by atoms with E-state index < -0.39 is 0 Å². The Morgan fingerprint density at radius 3 is 0.839 bits per heavy atom. The molecule has 2 aliphatic heterocycles. The molecule has 7 heteroatoms. The summed E-state index contributed by atoms with van der Waals surface area (Å²) in [6.45, 7) is 20.8. The van der Waals surface area contributed by atoms with Crippen LogP contribution in [0.1, 0.15) is 55.4 Å². The molecular formula is C24H42N6Sr. The number of hydrogen-bond donors (Lipinski definition) is 2. The topological polar surface area (TPSA) is 73.5 Å². The van der Waals surface area contributed by atoms with E-state index in [-0.39, 0.29) is 45.5 Å². The van der Waals surface area contributed by atoms with Crippen molar-refractivity contribution in [3.8, 4) is 0 Å². The molecule has 31 heavy (non-hydrogen) atoms. The molecule has 0 fully saturated rings. The van der Waals surface area contributed by atoms with Gasteiger partial charge >= 0.3 is 0 Å². The Morgan fingerprint density at radius 2 is 0.677 bits per heavy atom. The zero-order chi connectivity index (χ0) is 22.5. The first kappa shape index (κ1) is 30.2. The van der Waals surface area contributed by atoms with Crippen molar-refractivity contribution in [3.05, 3.63) is 24.3 Å². The average molecular weight is 502 g/mol. The van der Waals surface area contributed by atoms with Gasteiger partial charge in [0.25, 0.3) is 0 Å². The van der Waals surface area contributed by atoms with Crippen LogP contribution in [0.15, 0.2) is 44.3 Å². The van der Waals surface area contributed by atoms with Crippen LogP contribution < -0.4 is 10.6 Å². The molecule has 0 saturated heterocycles. The van der Waals surface area contributed by atoms with Gasteiger partial charge in [-0.3, -0.25) is 20.0 Å². The Bertz CT molecular complexity index is 581. The van der Waals surface area contributed by atoms with Gasteiger partial charge in [0.2, 0.25) is 0 Å². The van der Waals surface area contributed by atoms with Gasteiger partial charge in [0.1, 0.15) is 23.3 Å². The van der Waals surface area contributed by atoms with Gasteiger partial charge < -0.3 is 10.6 Å². The van der Waals surface area contributed by atoms with Crippen LogP contribution in [0.2, 0.25) is 0 Å². The molecule has 2 radical (unpaired) electrons. The Kier molecular flexibility index (Phi) is 16.4. The maximum atomic E-state index is 4.44. The minimum Gasteiger partial charge on any atom is -0.326 e. The van der Waals surface area contributed by atoms with Crippen LogP contribution in [-0.2, 0) is 0 Å². The summed E-state index contributed by atoms with van der Waals surface area (Å²) in [6.07, 6.45) is 7.95. The number of rotatable bonds is 8. The van der Waals surface area contributed by atoms with E-state index in [4.69, 9.17) is 0 Å². The summed E-state index contributed by atoms with van der Waals surface area (Å²) >= 11 is 0. The van der Waals surface area contributed by atoms with Gasteiger partial charge in [-0.25, -0.2) is 0 Å². The van der Waals surface area contributed by atoms with Crippen molar-refractivity contribution in [2.45, 2.75) is 55.4 Å². The zero-order valence-electron chi connectivity index (χ0n) is 20.9. The van der Waals surface area contributed by atoms with Gasteiger partial charge in [0.15, 0.2) is 0 Å². The van der Waals surface area contributed by atoms with E-state index in [1.165, 1.54) is 0 Å². The predicted octanol–water partition coefficient (Wildman–Crippen LogP) is 4.13. The number of aliphatic imine (C=N–C) groups is 4. The molecule has 0 unspecified atom stereocenters. The largest absolute Gasteiger partial charge is 0.326 e. The number of nitrogens with zero attached hydrogens (tertiary/aromatic N) is 4. The average Bonchev–Trinajstić information content (AvgIpc) is 3.31. The first-order chi connectivity index (χ1) is 14.2. The Morgan fingerprint density at radius 1 is 0.484 bits per heavy atom. The summed E-state index contributed by atoms with van der Waals surface area (Å²) < 4.78 is 0. The first-order valence-electron chi connectivity index (χ1n) is 11.2. The fourth-order valence-electron chi connectivity index (χ4n) is 2.24. The van der Waals surface area contributed by atoms with Gasteiger partial charge in [-0.1, -0.05) is 55.4 Å². The molecular weight excluding hydrogens is 460 g/mol. The van der Waals surface area contributed by atoms with E-state index >= 15 is 0 Å². The smallest absolute Gasteiger partial charge is 0.126 e. The molecule has 0 atom stereocenters. The van der Waals surface area contributed by atoms with E-state index in [9.17, 15) is 0 Å². The van der Waals surface area contributed by atoms with Gasteiger partial charge in [-0.15, -0.1) is 0 Å². The molecule has 2 heterocycles. The van der Waals surface area contributed by atoms with Crippen LogP contribution in [0.25, 0.3) is 0 Å². The molecule has 0 aliphatic carbocycles. The second kappa shape index (κ2) is 16.8. The van der Waals surface area contributed by atoms with Gasteiger partial charge in [-0.05, 0) is 48.0 Å². The second-order valence-electron chi connectivity index (χ2n) is 9.40. The molecule has 6 nitrogen and oxygen atoms in total. The second-order valence-corrected chi connectivity index (χ2v) is 9.40. The van der Waals surface area contributed by atoms with Gasteiger partial charge in [-0.2, -0.15) is 0 Å². The van der Waals surface area contributed by atoms with Crippen LogP contribution in [0, 0.1) is 23.7 Å². The van der Waals surface area contributed by atoms with Crippen molar-refractivity contribution in [2.24, 2.45) is 43.6 Å². The van der Waals surface area contributed by atoms with Crippen molar-refractivity contribution in [3.63, 3.8) is 0 Å². The number of nitrogens with one attached hydrogen (secondary N) is 2. The summed E-state index contributed by atoms with van der Waals surface area (Å²) in [5, 5.41) is 6.38. The summed E-state index contributed by atoms with van der Waals surface area (Å²) in [7, 11) is 0. The third kappa shape index (κ3) is 15.6. The van der Waals surface area contributed by atoms with E-state index in [0.29, 0.717) is 23.7 Å². The quantitative estimate of drug-likeness (QED) is 0.491. The van der Waals surface area contributed by atoms with E-state index in [1.54, 1.807) is 0 Å². The van der Waals surface area contributed by atoms with Crippen LogP contribution in [0.5, 0.6) is 0 Å². The summed E-state index contributed by atoms with van der Waals surface area (Å²) in [4.78, 5) is 17.8. The van der Waals surface area contributed by atoms with Crippen molar-refractivity contribution in [1.82, 2.24) is 10.6 Å². The maximum absolute atomic E-state index is 4.44. The van der Waals surface area contributed by atoms with Gasteiger partial charge in [0, 0.05) is 71.7 Å². The molecule has 0 amide bonds. The molecule has 0 aromatic rings. The first-order valence-corrected chi connectivity index (χ1v) is 11.2. The van der Waals surface area contributed by atoms with Crippen LogP contribution >= 0.6 is 0 Å². The molecule has 0 saturated carbocycles. The summed E-state index contributed by atoms with van der Waals surface area (Å²) in [5.74, 6) is 6.15. The molecule has 0 spiro atoms. The van der Waals surface area contributed by atoms with Crippen LogP contribution in [-0.4, -0.2) is 95.0 Å². The fraction of sp³-hybridized carbons (Fsp3) is 0.667. The molecule has 2 rings (SSSR count). The normalized spacial score (nSPS) is 20.3. The van der Waals surface area contributed by atoms with Gasteiger partial charge in [0.05, 0.1) is 0 Å². The minimum absolute atomic E-state index is 0. The van der Waals surface area contributed by atoms with Crippen molar-refractivity contribution < 1.29 is 0 Å². The van der Waals surface area contributed by atoms with E-state index in [1.807, 2.05) is 24.3 Å². The minimum atomic E-state index is 0. The summed E-state index contributed by atoms with van der Waals surface area (Å²) in [5.41, 5.74) is 0. The molecule has 2 aliphatic rings. The molecule has 170 valence electrons. The van der Waals surface area contributed by atoms with Crippen molar-refractivity contribution in [2.75, 3.05) is 26.2 Å². The SMILES string of the molecule is CC(C)CN=C1C=CC(=NCC(C)C)N1.CC(C)CN=C1C=CC(=NCC(C)C)N1.[Sr]. The molecule has 0 aromatic carbocycles. The summed E-state index contributed by atoms with van der Waals surface area (Å²) in [6, 6.07) is 0. The number of hydrogen-bond acceptors (Lipinski definition) is 4. The molecule has 0 bridgehead atoms. The monoisotopic (exact) mass is 502 g/mol. The van der Waals surface area contributed by atoms with Crippen LogP contribution in [0.4, 0.5) is 0 Å². The van der Waals surface area contributed by atoms with Crippen LogP contribution in [0.3, 0.4) is 0 Å². The van der Waals surface area contributed by atoms with E-state index in [2.05, 4.69) is 86.0 Å². The Labute approximate surface area is 227 Å². The van der Waals surface area contributed by atoms with Crippen molar-refractivity contribution in [1.29, 1.82) is 0 Å². The Hall–Kier alpha value is -0.759. The third-order valence-corrected chi connectivity index (χ3v) is 3.82. The maximum Gasteiger partial charge on any atom is 0.126 e. The molecule has 2 N–H and O–H groups in total. The molecule has 0 aromatic heterocycles. The fourth-order valence-corrected chi connectivity index (χ4v) is 2.24. The standard InChI is InChI=1S/2C12H21N3.Sr/c2*1-9(2)7-13-11-5-6-12(15-11)14-8-10(3)4;/h2*5-6,9-10H,7-8H2,1-4H3,(H,13,14,15);. The van der Waals surface area contributed by atoms with E-state index in [0.717, 1.165) is 49.5 Å².